The Morgan fingerprint density at radius 1 is 1.35 bits per heavy atom. The van der Waals surface area contributed by atoms with Gasteiger partial charge in [0.1, 0.15) is 35.2 Å². The lowest BCUT2D eigenvalue weighted by molar-refractivity contribution is -0.150. The zero-order chi connectivity index (χ0) is 24.6. The number of halogens is 2. The van der Waals surface area contributed by atoms with Gasteiger partial charge in [0.2, 0.25) is 0 Å². The van der Waals surface area contributed by atoms with E-state index in [0.717, 1.165) is 28.4 Å². The molecule has 34 heavy (non-hydrogen) atoms. The predicted molar refractivity (Wildman–Crippen MR) is 116 cm³/mol. The minimum atomic E-state index is -1.39. The number of fused-ring (bicyclic) bond motifs is 1. The van der Waals surface area contributed by atoms with Gasteiger partial charge < -0.3 is 26.1 Å². The van der Waals surface area contributed by atoms with Gasteiger partial charge in [-0.2, -0.15) is 0 Å². The molecule has 1 aromatic heterocycles. The van der Waals surface area contributed by atoms with Gasteiger partial charge in [0, 0.05) is 22.8 Å². The van der Waals surface area contributed by atoms with Gasteiger partial charge in [-0.3, -0.25) is 14.5 Å². The third-order valence-electron chi connectivity index (χ3n) is 4.92. The number of nitrogens with one attached hydrogen (secondary N) is 1. The maximum absolute atomic E-state index is 13.4. The SMILES string of the molecule is Nc1nc(C(=NO)C(=O)NC2C(=O)N3C(C(=O)O)=C(COc4ccc(F)c(F)c4)CS[C@@H]23)cs1. The molecular weight excluding hydrogens is 496 g/mol. The summed E-state index contributed by atoms with van der Waals surface area (Å²) in [6, 6.07) is 1.81. The zero-order valence-electron chi connectivity index (χ0n) is 16.9. The lowest BCUT2D eigenvalue weighted by atomic mass is 10.0. The van der Waals surface area contributed by atoms with Crippen molar-refractivity contribution in [1.29, 1.82) is 0 Å². The number of oxime groups is 1. The van der Waals surface area contributed by atoms with Crippen LogP contribution >= 0.6 is 23.1 Å². The third kappa shape index (κ3) is 4.26. The average molecular weight is 511 g/mol. The number of carboxylic acid groups (broad SMARTS) is 1. The number of aliphatic carboxylic acids is 1. The summed E-state index contributed by atoms with van der Waals surface area (Å²) in [6.45, 7) is -0.278. The van der Waals surface area contributed by atoms with Crippen molar-refractivity contribution in [1.82, 2.24) is 15.2 Å². The number of rotatable bonds is 7. The predicted octanol–water partition coefficient (Wildman–Crippen LogP) is 0.999. The van der Waals surface area contributed by atoms with E-state index in [2.05, 4.69) is 15.5 Å². The van der Waals surface area contributed by atoms with Crippen LogP contribution in [0.25, 0.3) is 0 Å². The number of anilines is 1. The van der Waals surface area contributed by atoms with Crippen molar-refractivity contribution < 1.29 is 38.2 Å². The summed E-state index contributed by atoms with van der Waals surface area (Å²) in [7, 11) is 0. The maximum Gasteiger partial charge on any atom is 0.352 e. The molecule has 0 saturated carbocycles. The third-order valence-corrected chi connectivity index (χ3v) is 6.93. The van der Waals surface area contributed by atoms with Crippen LogP contribution < -0.4 is 15.8 Å². The number of thiazole rings is 1. The number of β-lactam (4-membered cyclic amide) rings is 1. The fourth-order valence-electron chi connectivity index (χ4n) is 3.35. The first-order valence-corrected chi connectivity index (χ1v) is 11.4. The molecule has 2 aromatic rings. The Hall–Kier alpha value is -3.72. The van der Waals surface area contributed by atoms with E-state index in [9.17, 15) is 33.5 Å². The molecule has 2 atom stereocenters. The lowest BCUT2D eigenvalue weighted by Crippen LogP contribution is -2.71. The molecule has 4 rings (SSSR count). The van der Waals surface area contributed by atoms with Gasteiger partial charge in [-0.05, 0) is 12.1 Å². The number of nitrogen functional groups attached to an aromatic ring is 1. The molecule has 1 aromatic carbocycles. The average Bonchev–Trinajstić information content (AvgIpc) is 3.23. The van der Waals surface area contributed by atoms with Crippen molar-refractivity contribution in [2.24, 2.45) is 5.16 Å². The normalized spacial score (nSPS) is 20.0. The van der Waals surface area contributed by atoms with Crippen LogP contribution in [0, 0.1) is 11.6 Å². The molecule has 5 N–H and O–H groups in total. The van der Waals surface area contributed by atoms with Crippen LogP contribution in [-0.2, 0) is 14.4 Å². The summed E-state index contributed by atoms with van der Waals surface area (Å²) < 4.78 is 31.8. The summed E-state index contributed by atoms with van der Waals surface area (Å²) in [5.74, 6) is -5.02. The molecule has 1 fully saturated rings. The van der Waals surface area contributed by atoms with Crippen LogP contribution in [0.5, 0.6) is 5.75 Å². The Bertz CT molecular complexity index is 1250. The smallest absolute Gasteiger partial charge is 0.352 e. The number of benzene rings is 1. The standard InChI is InChI=1S/C19H15F2N5O6S2/c20-9-2-1-8(3-10(9)21)32-4-7-5-33-17-13(16(28)26(17)14(7)18(29)30)24-15(27)12(25-31)11-6-34-19(22)23-11/h1-3,6,13,17,31H,4-5H2,(H2,22,23)(H,24,27)(H,29,30)/t13?,17-/m0/s1. The van der Waals surface area contributed by atoms with Crippen molar-refractivity contribution in [2.45, 2.75) is 11.4 Å². The molecule has 0 bridgehead atoms. The zero-order valence-corrected chi connectivity index (χ0v) is 18.5. The van der Waals surface area contributed by atoms with Crippen LogP contribution in [0.4, 0.5) is 13.9 Å². The van der Waals surface area contributed by atoms with Crippen molar-refractivity contribution in [3.8, 4) is 5.75 Å². The number of nitrogens with two attached hydrogens (primary N) is 1. The quantitative estimate of drug-likeness (QED) is 0.183. The molecular formula is C19H15F2N5O6S2. The number of carbonyl (C=O) groups excluding carboxylic acids is 2. The van der Waals surface area contributed by atoms with E-state index in [4.69, 9.17) is 10.5 Å². The second kappa shape index (κ2) is 9.26. The number of thioether (sulfide) groups is 1. The van der Waals surface area contributed by atoms with Crippen LogP contribution in [0.1, 0.15) is 5.69 Å². The van der Waals surface area contributed by atoms with Crippen molar-refractivity contribution in [2.75, 3.05) is 18.1 Å². The second-order valence-electron chi connectivity index (χ2n) is 7.00. The van der Waals surface area contributed by atoms with E-state index < -0.39 is 46.5 Å². The minimum absolute atomic E-state index is 0.0122. The number of nitrogens with zero attached hydrogens (tertiary/aromatic N) is 3. The lowest BCUT2D eigenvalue weighted by Gasteiger charge is -2.49. The molecule has 2 aliphatic rings. The molecule has 2 amide bonds. The molecule has 1 saturated heterocycles. The summed E-state index contributed by atoms with van der Waals surface area (Å²) in [5.41, 5.74) is 5.02. The van der Waals surface area contributed by atoms with Gasteiger partial charge in [0.05, 0.1) is 0 Å². The fourth-order valence-corrected chi connectivity index (χ4v) is 5.23. The summed E-state index contributed by atoms with van der Waals surface area (Å²) in [5, 5.41) is 25.1. The first-order valence-electron chi connectivity index (χ1n) is 9.43. The van der Waals surface area contributed by atoms with E-state index >= 15 is 0 Å². The van der Waals surface area contributed by atoms with Gasteiger partial charge in [0.15, 0.2) is 22.5 Å². The number of hydrogen-bond acceptors (Lipinski definition) is 10. The Balaban J connectivity index is 1.48. The minimum Gasteiger partial charge on any atom is -0.489 e. The first kappa shape index (κ1) is 23.4. The summed E-state index contributed by atoms with van der Waals surface area (Å²) in [6.07, 6.45) is 0. The van der Waals surface area contributed by atoms with Gasteiger partial charge in [-0.1, -0.05) is 5.16 Å². The first-order chi connectivity index (χ1) is 16.2. The number of aromatic nitrogens is 1. The van der Waals surface area contributed by atoms with Gasteiger partial charge in [-0.15, -0.1) is 23.1 Å². The molecule has 3 heterocycles. The Morgan fingerprint density at radius 2 is 2.12 bits per heavy atom. The summed E-state index contributed by atoms with van der Waals surface area (Å²) in [4.78, 5) is 42.0. The molecule has 0 aliphatic carbocycles. The van der Waals surface area contributed by atoms with Gasteiger partial charge in [-0.25, -0.2) is 18.6 Å². The van der Waals surface area contributed by atoms with E-state index in [1.54, 1.807) is 0 Å². The van der Waals surface area contributed by atoms with Crippen LogP contribution in [0.3, 0.4) is 0 Å². The monoisotopic (exact) mass is 511 g/mol. The molecule has 15 heteroatoms. The highest BCUT2D eigenvalue weighted by molar-refractivity contribution is 8.00. The van der Waals surface area contributed by atoms with Crippen molar-refractivity contribution in [3.63, 3.8) is 0 Å². The number of carbonyl (C=O) groups is 3. The number of carboxylic acids is 1. The van der Waals surface area contributed by atoms with Crippen molar-refractivity contribution >= 4 is 51.7 Å². The molecule has 0 radical (unpaired) electrons. The molecule has 178 valence electrons. The Kier molecular flexibility index (Phi) is 6.39. The molecule has 2 aliphatic heterocycles. The Labute approximate surface area is 197 Å². The van der Waals surface area contributed by atoms with E-state index in [1.807, 2.05) is 0 Å². The molecule has 1 unspecified atom stereocenters. The van der Waals surface area contributed by atoms with E-state index in [-0.39, 0.29) is 40.2 Å². The summed E-state index contributed by atoms with van der Waals surface area (Å²) >= 11 is 2.20. The van der Waals surface area contributed by atoms with Crippen LogP contribution in [-0.4, -0.2) is 67.5 Å². The number of amides is 2. The fraction of sp³-hybridized carbons (Fsp3) is 0.211. The highest BCUT2D eigenvalue weighted by Gasteiger charge is 2.54. The maximum atomic E-state index is 13.4. The van der Waals surface area contributed by atoms with Gasteiger partial charge >= 0.3 is 5.97 Å². The van der Waals surface area contributed by atoms with Crippen LogP contribution in [0.2, 0.25) is 0 Å². The Morgan fingerprint density at radius 3 is 2.74 bits per heavy atom. The van der Waals surface area contributed by atoms with Crippen molar-refractivity contribution in [3.05, 3.63) is 52.2 Å². The highest BCUT2D eigenvalue weighted by atomic mass is 32.2. The van der Waals surface area contributed by atoms with Gasteiger partial charge in [0.25, 0.3) is 11.8 Å². The number of ether oxygens (including phenoxy) is 1. The van der Waals surface area contributed by atoms with E-state index in [1.165, 1.54) is 23.2 Å². The van der Waals surface area contributed by atoms with Crippen LogP contribution in [0.15, 0.2) is 40.0 Å². The highest BCUT2D eigenvalue weighted by Crippen LogP contribution is 2.40. The molecule has 0 spiro atoms. The largest absolute Gasteiger partial charge is 0.489 e. The molecule has 11 nitrogen and oxygen atoms in total. The topological polar surface area (TPSA) is 167 Å². The van der Waals surface area contributed by atoms with E-state index in [0.29, 0.717) is 0 Å². The number of hydrogen-bond donors (Lipinski definition) is 4. The second-order valence-corrected chi connectivity index (χ2v) is 9.00.